The molecule has 0 fully saturated rings. The Labute approximate surface area is 112 Å². The van der Waals surface area contributed by atoms with Crippen molar-refractivity contribution in [2.24, 2.45) is 11.8 Å². The predicted octanol–water partition coefficient (Wildman–Crippen LogP) is 3.38. The highest BCUT2D eigenvalue weighted by Crippen LogP contribution is 2.12. The van der Waals surface area contributed by atoms with Gasteiger partial charge in [0.2, 0.25) is 0 Å². The Balaban J connectivity index is 2.27. The lowest BCUT2D eigenvalue weighted by Gasteiger charge is -2.13. The molecule has 2 nitrogen and oxygen atoms in total. The Hall–Kier alpha value is -0.850. The van der Waals surface area contributed by atoms with Crippen LogP contribution >= 0.6 is 15.9 Å². The molecule has 1 aromatic rings. The molecule has 0 aliphatic rings. The summed E-state index contributed by atoms with van der Waals surface area (Å²) in [6, 6.07) is 10.7. The molecule has 0 saturated carbocycles. The van der Waals surface area contributed by atoms with Crippen LogP contribution in [0.5, 0.6) is 0 Å². The minimum atomic E-state index is 0.109. The largest absolute Gasteiger partial charge is 0.315 e. The van der Waals surface area contributed by atoms with Gasteiger partial charge in [-0.1, -0.05) is 41.9 Å². The Morgan fingerprint density at radius 3 is 2.76 bits per heavy atom. The minimum absolute atomic E-state index is 0.109. The van der Waals surface area contributed by atoms with Crippen molar-refractivity contribution in [3.63, 3.8) is 0 Å². The molecule has 1 N–H and O–H groups in total. The summed E-state index contributed by atoms with van der Waals surface area (Å²) in [6.45, 7) is 5.87. The number of nitriles is 1. The summed E-state index contributed by atoms with van der Waals surface area (Å²) >= 11 is 3.46. The van der Waals surface area contributed by atoms with Crippen LogP contribution in [0.25, 0.3) is 0 Å². The summed E-state index contributed by atoms with van der Waals surface area (Å²) in [6.07, 6.45) is 0.996. The second-order valence-corrected chi connectivity index (χ2v) is 5.48. The van der Waals surface area contributed by atoms with Gasteiger partial charge in [0.1, 0.15) is 0 Å². The number of hydrogen-bond donors (Lipinski definition) is 1. The van der Waals surface area contributed by atoms with Crippen LogP contribution in [0.4, 0.5) is 0 Å². The van der Waals surface area contributed by atoms with Gasteiger partial charge in [0.25, 0.3) is 0 Å². The first-order valence-corrected chi connectivity index (χ1v) is 6.77. The fourth-order valence-corrected chi connectivity index (χ4v) is 2.06. The molecule has 1 unspecified atom stereocenters. The van der Waals surface area contributed by atoms with Gasteiger partial charge in [0, 0.05) is 11.0 Å². The zero-order valence-electron chi connectivity index (χ0n) is 10.4. The lowest BCUT2D eigenvalue weighted by Crippen LogP contribution is -2.26. The van der Waals surface area contributed by atoms with Crippen molar-refractivity contribution in [2.75, 3.05) is 13.1 Å². The van der Waals surface area contributed by atoms with E-state index < -0.39 is 0 Å². The average molecular weight is 295 g/mol. The summed E-state index contributed by atoms with van der Waals surface area (Å²) in [4.78, 5) is 0. The van der Waals surface area contributed by atoms with Gasteiger partial charge in [-0.2, -0.15) is 5.26 Å². The van der Waals surface area contributed by atoms with Crippen LogP contribution in [0.3, 0.4) is 0 Å². The van der Waals surface area contributed by atoms with Gasteiger partial charge in [-0.3, -0.25) is 0 Å². The van der Waals surface area contributed by atoms with E-state index in [1.807, 2.05) is 12.1 Å². The maximum absolute atomic E-state index is 8.95. The van der Waals surface area contributed by atoms with E-state index in [9.17, 15) is 0 Å². The van der Waals surface area contributed by atoms with Crippen LogP contribution in [0, 0.1) is 23.2 Å². The summed E-state index contributed by atoms with van der Waals surface area (Å²) in [5.74, 6) is 0.524. The first kappa shape index (κ1) is 14.2. The third kappa shape index (κ3) is 5.34. The second-order valence-electron chi connectivity index (χ2n) is 4.56. The van der Waals surface area contributed by atoms with Crippen LogP contribution in [0.2, 0.25) is 0 Å². The molecule has 0 aromatic heterocycles. The van der Waals surface area contributed by atoms with Crippen molar-refractivity contribution in [2.45, 2.75) is 20.3 Å². The Morgan fingerprint density at radius 1 is 1.41 bits per heavy atom. The summed E-state index contributed by atoms with van der Waals surface area (Å²) in [7, 11) is 0. The standard InChI is InChI=1S/C14H19BrN2/c1-11(2)13(9-16)10-17-7-6-12-4-3-5-14(15)8-12/h3-5,8,11,13,17H,6-7,10H2,1-2H3. The molecule has 0 amide bonds. The summed E-state index contributed by atoms with van der Waals surface area (Å²) in [5.41, 5.74) is 1.31. The van der Waals surface area contributed by atoms with Crippen molar-refractivity contribution in [1.82, 2.24) is 5.32 Å². The highest BCUT2D eigenvalue weighted by Gasteiger charge is 2.10. The van der Waals surface area contributed by atoms with Crippen molar-refractivity contribution in [3.8, 4) is 6.07 Å². The van der Waals surface area contributed by atoms with Crippen molar-refractivity contribution in [3.05, 3.63) is 34.3 Å². The second kappa shape index (κ2) is 7.47. The van der Waals surface area contributed by atoms with Crippen molar-refractivity contribution >= 4 is 15.9 Å². The zero-order valence-corrected chi connectivity index (χ0v) is 12.0. The van der Waals surface area contributed by atoms with Gasteiger partial charge in [0.05, 0.1) is 12.0 Å². The van der Waals surface area contributed by atoms with Gasteiger partial charge in [-0.25, -0.2) is 0 Å². The molecule has 0 radical (unpaired) electrons. The number of halogens is 1. The number of hydrogen-bond acceptors (Lipinski definition) is 2. The summed E-state index contributed by atoms with van der Waals surface area (Å²) < 4.78 is 1.12. The molecule has 1 aromatic carbocycles. The van der Waals surface area contributed by atoms with Gasteiger partial charge >= 0.3 is 0 Å². The first-order valence-electron chi connectivity index (χ1n) is 5.98. The molecule has 0 spiro atoms. The predicted molar refractivity (Wildman–Crippen MR) is 74.7 cm³/mol. The smallest absolute Gasteiger partial charge is 0.0671 e. The molecule has 0 heterocycles. The lowest BCUT2D eigenvalue weighted by molar-refractivity contribution is 0.444. The molecule has 17 heavy (non-hydrogen) atoms. The fraction of sp³-hybridized carbons (Fsp3) is 0.500. The molecule has 1 atom stereocenters. The first-order chi connectivity index (χ1) is 8.13. The number of rotatable bonds is 6. The maximum atomic E-state index is 8.95. The van der Waals surface area contributed by atoms with Crippen molar-refractivity contribution in [1.29, 1.82) is 5.26 Å². The van der Waals surface area contributed by atoms with E-state index in [2.05, 4.69) is 53.3 Å². The minimum Gasteiger partial charge on any atom is -0.315 e. The van der Waals surface area contributed by atoms with E-state index in [1.165, 1.54) is 5.56 Å². The third-order valence-corrected chi connectivity index (χ3v) is 3.31. The van der Waals surface area contributed by atoms with Gasteiger partial charge in [0.15, 0.2) is 0 Å². The van der Waals surface area contributed by atoms with Crippen molar-refractivity contribution < 1.29 is 0 Å². The molecular weight excluding hydrogens is 276 g/mol. The topological polar surface area (TPSA) is 35.8 Å². The van der Waals surface area contributed by atoms with E-state index >= 15 is 0 Å². The SMILES string of the molecule is CC(C)C(C#N)CNCCc1cccc(Br)c1. The van der Waals surface area contributed by atoms with E-state index in [-0.39, 0.29) is 5.92 Å². The van der Waals surface area contributed by atoms with E-state index in [4.69, 9.17) is 5.26 Å². The number of nitrogens with one attached hydrogen (secondary N) is 1. The molecule has 3 heteroatoms. The Bertz CT molecular complexity index is 382. The van der Waals surface area contributed by atoms with Crippen LogP contribution in [0.1, 0.15) is 19.4 Å². The van der Waals surface area contributed by atoms with Crippen LogP contribution < -0.4 is 5.32 Å². The van der Waals surface area contributed by atoms with E-state index in [0.29, 0.717) is 5.92 Å². The number of nitrogens with zero attached hydrogens (tertiary/aromatic N) is 1. The lowest BCUT2D eigenvalue weighted by atomic mass is 9.97. The monoisotopic (exact) mass is 294 g/mol. The molecular formula is C14H19BrN2. The third-order valence-electron chi connectivity index (χ3n) is 2.81. The van der Waals surface area contributed by atoms with Gasteiger partial charge in [-0.05, 0) is 36.6 Å². The highest BCUT2D eigenvalue weighted by atomic mass is 79.9. The molecule has 92 valence electrons. The van der Waals surface area contributed by atoms with Crippen LogP contribution in [-0.4, -0.2) is 13.1 Å². The number of benzene rings is 1. The van der Waals surface area contributed by atoms with Gasteiger partial charge in [-0.15, -0.1) is 0 Å². The van der Waals surface area contributed by atoms with E-state index in [0.717, 1.165) is 24.0 Å². The quantitative estimate of drug-likeness (QED) is 0.817. The fourth-order valence-electron chi connectivity index (χ4n) is 1.61. The Kier molecular flexibility index (Phi) is 6.25. The normalized spacial score (nSPS) is 12.4. The summed E-state index contributed by atoms with van der Waals surface area (Å²) in [5, 5.41) is 12.3. The Morgan fingerprint density at radius 2 is 2.18 bits per heavy atom. The van der Waals surface area contributed by atoms with Crippen LogP contribution in [-0.2, 0) is 6.42 Å². The molecule has 0 aliphatic heterocycles. The molecule has 0 saturated heterocycles. The molecule has 1 rings (SSSR count). The average Bonchev–Trinajstić information content (AvgIpc) is 2.28. The maximum Gasteiger partial charge on any atom is 0.0671 e. The zero-order chi connectivity index (χ0) is 12.7. The molecule has 0 aliphatic carbocycles. The van der Waals surface area contributed by atoms with E-state index in [1.54, 1.807) is 0 Å². The highest BCUT2D eigenvalue weighted by molar-refractivity contribution is 9.10. The van der Waals surface area contributed by atoms with Gasteiger partial charge < -0.3 is 5.32 Å². The molecule has 0 bridgehead atoms. The van der Waals surface area contributed by atoms with Crippen LogP contribution in [0.15, 0.2) is 28.7 Å².